The molecule has 2 heterocycles. The van der Waals surface area contributed by atoms with Crippen molar-refractivity contribution in [2.45, 2.75) is 5.75 Å². The number of carbonyl (C=O) groups excluding carboxylic acids is 2. The average molecular weight is 474 g/mol. The highest BCUT2D eigenvalue weighted by Crippen LogP contribution is 2.27. The van der Waals surface area contributed by atoms with E-state index < -0.39 is 23.0 Å². The Morgan fingerprint density at radius 2 is 1.94 bits per heavy atom. The third-order valence-corrected chi connectivity index (χ3v) is 6.11. The molecule has 0 spiro atoms. The minimum Gasteiger partial charge on any atom is -0.772 e. The molecule has 0 bridgehead atoms. The topological polar surface area (TPSA) is 116 Å². The molecule has 1 atom stereocenters. The molecule has 0 fully saturated rings. The van der Waals surface area contributed by atoms with Gasteiger partial charge in [0, 0.05) is 23.8 Å². The Labute approximate surface area is 188 Å². The first-order chi connectivity index (χ1) is 14.9. The lowest BCUT2D eigenvalue weighted by Crippen LogP contribution is -2.34. The van der Waals surface area contributed by atoms with E-state index in [1.165, 1.54) is 11.3 Å². The summed E-state index contributed by atoms with van der Waals surface area (Å²) in [6.45, 7) is 0. The minimum atomic E-state index is -2.20. The van der Waals surface area contributed by atoms with Gasteiger partial charge in [0.1, 0.15) is 0 Å². The highest BCUT2D eigenvalue weighted by Gasteiger charge is 2.16. The third-order valence-electron chi connectivity index (χ3n) is 4.28. The second-order valence-electron chi connectivity index (χ2n) is 6.43. The number of nitrogens with one attached hydrogen (secondary N) is 2. The Kier molecular flexibility index (Phi) is 6.14. The fraction of sp³-hybridized carbons (Fsp3) is 0.0500. The van der Waals surface area contributed by atoms with E-state index in [0.717, 1.165) is 5.69 Å². The van der Waals surface area contributed by atoms with Gasteiger partial charge in [-0.05, 0) is 48.0 Å². The normalized spacial score (nSPS) is 11.9. The molecule has 4 rings (SSSR count). The second-order valence-corrected chi connectivity index (χ2v) is 8.77. The van der Waals surface area contributed by atoms with Crippen LogP contribution in [0, 0.1) is 0 Å². The molecule has 4 aromatic rings. The number of urea groups is 1. The smallest absolute Gasteiger partial charge is 0.327 e. The van der Waals surface area contributed by atoms with E-state index in [1.807, 2.05) is 29.1 Å². The molecular weight excluding hydrogens is 460 g/mol. The predicted octanol–water partition coefficient (Wildman–Crippen LogP) is 4.08. The van der Waals surface area contributed by atoms with Gasteiger partial charge < -0.3 is 9.12 Å². The number of fused-ring (bicyclic) bond motifs is 1. The highest BCUT2D eigenvalue weighted by molar-refractivity contribution is 7.78. The van der Waals surface area contributed by atoms with Crippen molar-refractivity contribution in [3.63, 3.8) is 0 Å². The van der Waals surface area contributed by atoms with Crippen molar-refractivity contribution in [2.75, 3.05) is 5.32 Å². The van der Waals surface area contributed by atoms with E-state index in [9.17, 15) is 18.4 Å². The van der Waals surface area contributed by atoms with Crippen LogP contribution in [0.25, 0.3) is 15.9 Å². The lowest BCUT2D eigenvalue weighted by Gasteiger charge is -2.09. The van der Waals surface area contributed by atoms with Crippen molar-refractivity contribution >= 4 is 61.3 Å². The van der Waals surface area contributed by atoms with Crippen LogP contribution in [0.15, 0.2) is 60.9 Å². The maximum atomic E-state index is 12.6. The number of anilines is 1. The van der Waals surface area contributed by atoms with Gasteiger partial charge in [-0.25, -0.2) is 9.78 Å². The molecule has 0 aliphatic carbocycles. The molecule has 11 heteroatoms. The van der Waals surface area contributed by atoms with Crippen molar-refractivity contribution in [1.29, 1.82) is 0 Å². The fourth-order valence-electron chi connectivity index (χ4n) is 2.90. The lowest BCUT2D eigenvalue weighted by molar-refractivity contribution is 0.0967. The standard InChI is InChI=1S/C20H15ClN4O4S2/c21-15-5-4-13(25-7-1-2-8-25)10-14(15)18(26)23-19(27)24-20-22-16-6-3-12(11-31(28)29)9-17(16)30-20/h1-10H,11H2,(H,28,29)(H2,22,23,24,26,27)/p-1. The summed E-state index contributed by atoms with van der Waals surface area (Å²) in [5.74, 6) is -0.758. The molecule has 3 amide bonds. The summed E-state index contributed by atoms with van der Waals surface area (Å²) in [5, 5.41) is 5.25. The van der Waals surface area contributed by atoms with Crippen LogP contribution in [0.1, 0.15) is 15.9 Å². The van der Waals surface area contributed by atoms with Gasteiger partial charge in [-0.15, -0.1) is 0 Å². The van der Waals surface area contributed by atoms with E-state index in [-0.39, 0.29) is 21.5 Å². The SMILES string of the molecule is O=C(NC(=O)c1cc(-n2cccc2)ccc1Cl)Nc1nc2ccc(CS(=O)[O-])cc2s1. The number of halogens is 1. The van der Waals surface area contributed by atoms with E-state index in [0.29, 0.717) is 15.8 Å². The average Bonchev–Trinajstić information content (AvgIpc) is 3.37. The number of benzene rings is 2. The van der Waals surface area contributed by atoms with Crippen LogP contribution in [0.4, 0.5) is 9.93 Å². The van der Waals surface area contributed by atoms with Crippen molar-refractivity contribution in [2.24, 2.45) is 0 Å². The minimum absolute atomic E-state index is 0.103. The molecule has 158 valence electrons. The van der Waals surface area contributed by atoms with Crippen molar-refractivity contribution in [3.05, 3.63) is 77.1 Å². The van der Waals surface area contributed by atoms with Gasteiger partial charge in [0.25, 0.3) is 5.91 Å². The molecule has 0 saturated carbocycles. The number of aromatic nitrogens is 2. The number of thiazole rings is 1. The van der Waals surface area contributed by atoms with Gasteiger partial charge in [-0.2, -0.15) is 0 Å². The number of imide groups is 1. The van der Waals surface area contributed by atoms with E-state index in [4.69, 9.17) is 11.6 Å². The first kappa shape index (κ1) is 21.2. The first-order valence-electron chi connectivity index (χ1n) is 8.89. The number of hydrogen-bond donors (Lipinski definition) is 2. The summed E-state index contributed by atoms with van der Waals surface area (Å²) >= 11 is 5.12. The van der Waals surface area contributed by atoms with Gasteiger partial charge in [0.05, 0.1) is 20.8 Å². The lowest BCUT2D eigenvalue weighted by atomic mass is 10.2. The van der Waals surface area contributed by atoms with E-state index in [1.54, 1.807) is 36.4 Å². The van der Waals surface area contributed by atoms with E-state index in [2.05, 4.69) is 15.6 Å². The molecule has 2 aromatic heterocycles. The molecule has 0 aliphatic rings. The zero-order chi connectivity index (χ0) is 22.0. The Morgan fingerprint density at radius 1 is 1.16 bits per heavy atom. The fourth-order valence-corrected chi connectivity index (χ4v) is 4.48. The summed E-state index contributed by atoms with van der Waals surface area (Å²) < 4.78 is 24.3. The van der Waals surface area contributed by atoms with Gasteiger partial charge >= 0.3 is 6.03 Å². The molecule has 2 aromatic carbocycles. The summed E-state index contributed by atoms with van der Waals surface area (Å²) in [6, 6.07) is 12.9. The summed E-state index contributed by atoms with van der Waals surface area (Å²) in [4.78, 5) is 29.1. The zero-order valence-electron chi connectivity index (χ0n) is 15.7. The van der Waals surface area contributed by atoms with Crippen LogP contribution in [0.2, 0.25) is 5.02 Å². The van der Waals surface area contributed by atoms with Crippen molar-refractivity contribution in [1.82, 2.24) is 14.9 Å². The zero-order valence-corrected chi connectivity index (χ0v) is 18.1. The van der Waals surface area contributed by atoms with Crippen LogP contribution in [0.3, 0.4) is 0 Å². The van der Waals surface area contributed by atoms with Gasteiger partial charge in [-0.3, -0.25) is 19.6 Å². The summed E-state index contributed by atoms with van der Waals surface area (Å²) in [5.41, 5.74) is 2.10. The Hall–Kier alpha value is -3.05. The highest BCUT2D eigenvalue weighted by atomic mass is 35.5. The number of nitrogens with zero attached hydrogens (tertiary/aromatic N) is 2. The monoisotopic (exact) mass is 473 g/mol. The summed E-state index contributed by atoms with van der Waals surface area (Å²) in [6.07, 6.45) is 3.65. The van der Waals surface area contributed by atoms with Crippen LogP contribution in [0.5, 0.6) is 0 Å². The third kappa shape index (κ3) is 5.00. The second kappa shape index (κ2) is 8.98. The predicted molar refractivity (Wildman–Crippen MR) is 120 cm³/mol. The van der Waals surface area contributed by atoms with Gasteiger partial charge in [0.2, 0.25) is 0 Å². The Balaban J connectivity index is 1.47. The van der Waals surface area contributed by atoms with Crippen LogP contribution < -0.4 is 10.6 Å². The largest absolute Gasteiger partial charge is 0.772 e. The molecule has 8 nitrogen and oxygen atoms in total. The first-order valence-corrected chi connectivity index (χ1v) is 11.3. The van der Waals surface area contributed by atoms with Crippen LogP contribution in [-0.4, -0.2) is 30.3 Å². The Bertz CT molecular complexity index is 1300. The van der Waals surface area contributed by atoms with Gasteiger partial charge in [-0.1, -0.05) is 40.1 Å². The summed E-state index contributed by atoms with van der Waals surface area (Å²) in [7, 11) is 0. The number of carbonyl (C=O) groups is 2. The van der Waals surface area contributed by atoms with Crippen LogP contribution >= 0.6 is 22.9 Å². The molecule has 0 saturated heterocycles. The van der Waals surface area contributed by atoms with E-state index >= 15 is 0 Å². The van der Waals surface area contributed by atoms with Crippen LogP contribution in [-0.2, 0) is 16.8 Å². The number of amides is 3. The number of hydrogen-bond acceptors (Lipinski definition) is 6. The maximum absolute atomic E-state index is 12.6. The quantitative estimate of drug-likeness (QED) is 0.423. The maximum Gasteiger partial charge on any atom is 0.327 e. The molecule has 31 heavy (non-hydrogen) atoms. The molecule has 2 N–H and O–H groups in total. The van der Waals surface area contributed by atoms with Crippen molar-refractivity contribution < 1.29 is 18.4 Å². The van der Waals surface area contributed by atoms with Gasteiger partial charge in [0.15, 0.2) is 5.13 Å². The molecule has 0 radical (unpaired) electrons. The molecular formula is C20H14ClN4O4S2-. The number of rotatable bonds is 5. The molecule has 0 aliphatic heterocycles. The molecule has 1 unspecified atom stereocenters. The Morgan fingerprint density at radius 3 is 2.68 bits per heavy atom. The van der Waals surface area contributed by atoms with Crippen molar-refractivity contribution in [3.8, 4) is 5.69 Å².